The zero-order chi connectivity index (χ0) is 14.6. The highest BCUT2D eigenvalue weighted by atomic mass is 32.2. The molecule has 1 saturated heterocycles. The van der Waals surface area contributed by atoms with Gasteiger partial charge in [-0.2, -0.15) is 17.7 Å². The van der Waals surface area contributed by atoms with E-state index >= 15 is 0 Å². The molecule has 0 atom stereocenters. The monoisotopic (exact) mass is 304 g/mol. The summed E-state index contributed by atoms with van der Waals surface area (Å²) < 4.78 is 33.0. The van der Waals surface area contributed by atoms with Crippen molar-refractivity contribution in [1.29, 1.82) is 0 Å². The van der Waals surface area contributed by atoms with E-state index in [1.165, 1.54) is 4.31 Å². The minimum absolute atomic E-state index is 0.123. The van der Waals surface area contributed by atoms with E-state index in [4.69, 9.17) is 9.63 Å². The van der Waals surface area contributed by atoms with Gasteiger partial charge in [-0.3, -0.25) is 0 Å². The summed E-state index contributed by atoms with van der Waals surface area (Å²) >= 11 is 0. The van der Waals surface area contributed by atoms with E-state index in [0.29, 0.717) is 44.1 Å². The third-order valence-electron chi connectivity index (χ3n) is 3.36. The molecule has 0 spiro atoms. The van der Waals surface area contributed by atoms with Gasteiger partial charge in [-0.1, -0.05) is 5.16 Å². The largest absolute Gasteiger partial charge is 0.396 e. The summed E-state index contributed by atoms with van der Waals surface area (Å²) in [6.07, 6.45) is 1.76. The summed E-state index contributed by atoms with van der Waals surface area (Å²) in [6.45, 7) is 2.95. The fourth-order valence-corrected chi connectivity index (χ4v) is 3.39. The average molecular weight is 304 g/mol. The maximum absolute atomic E-state index is 12.1. The van der Waals surface area contributed by atoms with E-state index in [9.17, 15) is 8.42 Å². The molecule has 9 heteroatoms. The van der Waals surface area contributed by atoms with Gasteiger partial charge in [0.25, 0.3) is 10.2 Å². The van der Waals surface area contributed by atoms with E-state index < -0.39 is 10.2 Å². The molecule has 0 aliphatic carbocycles. The molecule has 20 heavy (non-hydrogen) atoms. The number of aliphatic hydroxyl groups excluding tert-OH is 1. The molecular weight excluding hydrogens is 284 g/mol. The smallest absolute Gasteiger partial charge is 0.279 e. The Balaban J connectivity index is 1.79. The molecule has 0 amide bonds. The van der Waals surface area contributed by atoms with Crippen LogP contribution in [0.3, 0.4) is 0 Å². The van der Waals surface area contributed by atoms with Gasteiger partial charge in [0.2, 0.25) is 5.89 Å². The summed E-state index contributed by atoms with van der Waals surface area (Å²) in [7, 11) is -3.47. The van der Waals surface area contributed by atoms with E-state index in [2.05, 4.69) is 14.9 Å². The summed E-state index contributed by atoms with van der Waals surface area (Å²) in [4.78, 5) is 4.01. The summed E-state index contributed by atoms with van der Waals surface area (Å²) in [6, 6.07) is 0. The fraction of sp³-hybridized carbons (Fsp3) is 0.818. The van der Waals surface area contributed by atoms with Crippen LogP contribution < -0.4 is 4.72 Å². The number of nitrogens with zero attached hydrogens (tertiary/aromatic N) is 3. The molecular formula is C11H20N4O4S. The van der Waals surface area contributed by atoms with E-state index in [1.54, 1.807) is 6.92 Å². The third-order valence-corrected chi connectivity index (χ3v) is 4.98. The molecule has 114 valence electrons. The van der Waals surface area contributed by atoms with Crippen molar-refractivity contribution in [3.8, 4) is 0 Å². The van der Waals surface area contributed by atoms with Crippen LogP contribution in [0, 0.1) is 12.8 Å². The number of hydrogen-bond donors (Lipinski definition) is 2. The van der Waals surface area contributed by atoms with Crippen LogP contribution in [0.25, 0.3) is 0 Å². The highest BCUT2D eigenvalue weighted by molar-refractivity contribution is 7.87. The molecule has 2 heterocycles. The number of aromatic nitrogens is 2. The number of rotatable bonds is 6. The van der Waals surface area contributed by atoms with Crippen molar-refractivity contribution in [2.24, 2.45) is 5.92 Å². The maximum atomic E-state index is 12.1. The third kappa shape index (κ3) is 3.98. The number of hydrogen-bond acceptors (Lipinski definition) is 6. The molecule has 2 N–H and O–H groups in total. The quantitative estimate of drug-likeness (QED) is 0.730. The molecule has 1 fully saturated rings. The Kier molecular flexibility index (Phi) is 5.08. The van der Waals surface area contributed by atoms with Crippen LogP contribution in [0.4, 0.5) is 0 Å². The fourth-order valence-electron chi connectivity index (χ4n) is 2.15. The molecule has 0 saturated carbocycles. The Hall–Kier alpha value is -1.03. The molecule has 0 aromatic carbocycles. The molecule has 0 unspecified atom stereocenters. The van der Waals surface area contributed by atoms with Gasteiger partial charge in [-0.05, 0) is 25.7 Å². The van der Waals surface area contributed by atoms with Crippen molar-refractivity contribution in [3.05, 3.63) is 11.7 Å². The number of nitrogens with one attached hydrogen (secondary N) is 1. The van der Waals surface area contributed by atoms with Gasteiger partial charge in [-0.25, -0.2) is 4.72 Å². The van der Waals surface area contributed by atoms with Gasteiger partial charge >= 0.3 is 0 Å². The first-order valence-electron chi connectivity index (χ1n) is 6.66. The molecule has 1 aromatic heterocycles. The first kappa shape index (κ1) is 15.4. The van der Waals surface area contributed by atoms with Gasteiger partial charge < -0.3 is 9.63 Å². The van der Waals surface area contributed by atoms with Crippen LogP contribution in [0.1, 0.15) is 24.6 Å². The Morgan fingerprint density at radius 3 is 2.70 bits per heavy atom. The van der Waals surface area contributed by atoms with Gasteiger partial charge in [-0.15, -0.1) is 0 Å². The molecule has 1 aliphatic heterocycles. The van der Waals surface area contributed by atoms with Crippen LogP contribution in [0.15, 0.2) is 4.52 Å². The van der Waals surface area contributed by atoms with E-state index in [-0.39, 0.29) is 19.1 Å². The lowest BCUT2D eigenvalue weighted by atomic mass is 10.00. The number of piperidine rings is 1. The highest BCUT2D eigenvalue weighted by Crippen LogP contribution is 2.18. The zero-order valence-electron chi connectivity index (χ0n) is 11.4. The lowest BCUT2D eigenvalue weighted by Gasteiger charge is -2.30. The van der Waals surface area contributed by atoms with Gasteiger partial charge in [0, 0.05) is 32.7 Å². The van der Waals surface area contributed by atoms with Gasteiger partial charge in [0.1, 0.15) is 0 Å². The lowest BCUT2D eigenvalue weighted by Crippen LogP contribution is -2.45. The highest BCUT2D eigenvalue weighted by Gasteiger charge is 2.27. The first-order chi connectivity index (χ1) is 9.51. The lowest BCUT2D eigenvalue weighted by molar-refractivity contribution is 0.169. The van der Waals surface area contributed by atoms with Crippen molar-refractivity contribution in [1.82, 2.24) is 19.2 Å². The Morgan fingerprint density at radius 2 is 2.15 bits per heavy atom. The summed E-state index contributed by atoms with van der Waals surface area (Å²) in [5.74, 6) is 1.17. The summed E-state index contributed by atoms with van der Waals surface area (Å²) in [5, 5.41) is 12.7. The maximum Gasteiger partial charge on any atom is 0.279 e. The Morgan fingerprint density at radius 1 is 1.45 bits per heavy atom. The Labute approximate surface area is 118 Å². The number of aliphatic hydroxyl groups is 1. The van der Waals surface area contributed by atoms with E-state index in [1.807, 2.05) is 0 Å². The molecule has 1 aromatic rings. The molecule has 0 radical (unpaired) electrons. The standard InChI is InChI=1S/C11H20N4O4S/c1-9-13-11(19-14-9)2-5-12-20(17,18)15-6-3-10(8-16)4-7-15/h10,12,16H,2-8H2,1H3. The van der Waals surface area contributed by atoms with Crippen LogP contribution in [0.2, 0.25) is 0 Å². The van der Waals surface area contributed by atoms with Gasteiger partial charge in [0.05, 0.1) is 0 Å². The SMILES string of the molecule is Cc1noc(CCNS(=O)(=O)N2CCC(CO)CC2)n1. The van der Waals surface area contributed by atoms with Crippen LogP contribution in [-0.4, -0.2) is 54.2 Å². The van der Waals surface area contributed by atoms with Crippen molar-refractivity contribution in [2.45, 2.75) is 26.2 Å². The average Bonchev–Trinajstić information content (AvgIpc) is 2.84. The zero-order valence-corrected chi connectivity index (χ0v) is 12.3. The van der Waals surface area contributed by atoms with E-state index in [0.717, 1.165) is 0 Å². The van der Waals surface area contributed by atoms with Crippen LogP contribution in [0.5, 0.6) is 0 Å². The second-order valence-corrected chi connectivity index (χ2v) is 6.66. The minimum atomic E-state index is -3.47. The van der Waals surface area contributed by atoms with Crippen molar-refractivity contribution in [3.63, 3.8) is 0 Å². The molecule has 2 rings (SSSR count). The summed E-state index contributed by atoms with van der Waals surface area (Å²) in [5.41, 5.74) is 0. The minimum Gasteiger partial charge on any atom is -0.396 e. The van der Waals surface area contributed by atoms with Gasteiger partial charge in [0.15, 0.2) is 5.82 Å². The first-order valence-corrected chi connectivity index (χ1v) is 8.10. The molecule has 8 nitrogen and oxygen atoms in total. The topological polar surface area (TPSA) is 109 Å². The second kappa shape index (κ2) is 6.61. The predicted octanol–water partition coefficient (Wildman–Crippen LogP) is -0.541. The van der Waals surface area contributed by atoms with Crippen LogP contribution in [-0.2, 0) is 16.6 Å². The predicted molar refractivity (Wildman–Crippen MR) is 71.0 cm³/mol. The normalized spacial score (nSPS) is 18.5. The Bertz CT molecular complexity index is 522. The number of aryl methyl sites for hydroxylation is 1. The molecule has 0 bridgehead atoms. The van der Waals surface area contributed by atoms with Crippen molar-refractivity contribution >= 4 is 10.2 Å². The molecule has 1 aliphatic rings. The van der Waals surface area contributed by atoms with Crippen molar-refractivity contribution in [2.75, 3.05) is 26.2 Å². The van der Waals surface area contributed by atoms with Crippen molar-refractivity contribution < 1.29 is 18.0 Å². The van der Waals surface area contributed by atoms with Crippen LogP contribution >= 0.6 is 0 Å². The second-order valence-electron chi connectivity index (χ2n) is 4.91.